The van der Waals surface area contributed by atoms with Crippen LogP contribution < -0.4 is 0 Å². The van der Waals surface area contributed by atoms with Crippen molar-refractivity contribution in [3.8, 4) is 0 Å². The summed E-state index contributed by atoms with van der Waals surface area (Å²) in [4.78, 5) is 0. The van der Waals surface area contributed by atoms with Crippen molar-refractivity contribution in [3.63, 3.8) is 0 Å². The van der Waals surface area contributed by atoms with Gasteiger partial charge in [-0.3, -0.25) is 0 Å². The molecule has 0 unspecified atom stereocenters. The molecule has 0 saturated heterocycles. The van der Waals surface area contributed by atoms with Gasteiger partial charge in [-0.05, 0) is 0 Å². The molecule has 0 aromatic heterocycles. The fourth-order valence-electron chi connectivity index (χ4n) is 0. The van der Waals surface area contributed by atoms with Crippen LogP contribution in [-0.2, 0) is 33.6 Å². The van der Waals surface area contributed by atoms with Crippen LogP contribution in [0.25, 0.3) is 0 Å². The third kappa shape index (κ3) is 8.91. The Kier molecular flexibility index (Phi) is 170. The van der Waals surface area contributed by atoms with Gasteiger partial charge >= 0.3 is 18.9 Å². The van der Waals surface area contributed by atoms with Crippen molar-refractivity contribution >= 4 is 36.2 Å². The summed E-state index contributed by atoms with van der Waals surface area (Å²) in [6.07, 6.45) is 0. The van der Waals surface area contributed by atoms with E-state index in [0.717, 1.165) is 0 Å². The SMILES string of the molecule is [Al].[LiH].[Mn].[Ni]. The summed E-state index contributed by atoms with van der Waals surface area (Å²) in [5.74, 6) is 0. The Hall–Kier alpha value is 2.14. The summed E-state index contributed by atoms with van der Waals surface area (Å²) in [7, 11) is 0. The monoisotopic (exact) mass is 148 g/mol. The number of hydrogen-bond acceptors (Lipinski definition) is 0. The molecule has 0 heterocycles. The Bertz CT molecular complexity index is 8.00. The van der Waals surface area contributed by atoms with Gasteiger partial charge in [-0.1, -0.05) is 0 Å². The van der Waals surface area contributed by atoms with Crippen LogP contribution >= 0.6 is 0 Å². The largest absolute Gasteiger partial charge is 0 e. The Labute approximate surface area is 69.2 Å². The standard InChI is InChI=1S/Al.Li.Mn.Ni.H. The van der Waals surface area contributed by atoms with E-state index >= 15 is 0 Å². The van der Waals surface area contributed by atoms with Crippen molar-refractivity contribution < 1.29 is 33.6 Å². The first-order valence-electron chi connectivity index (χ1n) is 0. The zero-order valence-corrected chi connectivity index (χ0v) is 4.59. The Balaban J connectivity index is 0. The summed E-state index contributed by atoms with van der Waals surface area (Å²) in [5.41, 5.74) is 0. The fraction of sp³-hybridized carbons (Fsp3) is 0. The van der Waals surface area contributed by atoms with Crippen LogP contribution in [0.5, 0.6) is 0 Å². The van der Waals surface area contributed by atoms with Gasteiger partial charge in [0.25, 0.3) is 0 Å². The third-order valence-electron chi connectivity index (χ3n) is 0. The van der Waals surface area contributed by atoms with Crippen molar-refractivity contribution in [1.29, 1.82) is 0 Å². The Morgan fingerprint density at radius 1 is 1.00 bits per heavy atom. The second kappa shape index (κ2) is 19.2. The molecule has 0 spiro atoms. The summed E-state index contributed by atoms with van der Waals surface area (Å²) in [5, 5.41) is 0. The molecule has 22 valence electrons. The van der Waals surface area contributed by atoms with E-state index < -0.39 is 0 Å². The van der Waals surface area contributed by atoms with Crippen LogP contribution in [0.3, 0.4) is 0 Å². The van der Waals surface area contributed by atoms with Gasteiger partial charge in [-0.15, -0.1) is 0 Å². The molecule has 4 heavy (non-hydrogen) atoms. The van der Waals surface area contributed by atoms with Gasteiger partial charge in [0, 0.05) is 50.9 Å². The van der Waals surface area contributed by atoms with Gasteiger partial charge in [0.2, 0.25) is 0 Å². The van der Waals surface area contributed by atoms with E-state index in [2.05, 4.69) is 0 Å². The van der Waals surface area contributed by atoms with Crippen LogP contribution in [0.15, 0.2) is 0 Å². The summed E-state index contributed by atoms with van der Waals surface area (Å²) >= 11 is 0. The predicted molar refractivity (Wildman–Crippen MR) is 12.9 cm³/mol. The molecule has 0 rings (SSSR count). The second-order valence-electron chi connectivity index (χ2n) is 0. The van der Waals surface area contributed by atoms with Crippen LogP contribution in [0.1, 0.15) is 0 Å². The van der Waals surface area contributed by atoms with Crippen LogP contribution in [-0.4, -0.2) is 36.2 Å². The minimum Gasteiger partial charge on any atom is 0 e. The zero-order valence-electron chi connectivity index (χ0n) is 1.27. The molecule has 0 atom stereocenters. The number of rotatable bonds is 0. The quantitative estimate of drug-likeness (QED) is 0.386. The van der Waals surface area contributed by atoms with Gasteiger partial charge < -0.3 is 0 Å². The smallest absolute Gasteiger partial charge is 0 e. The van der Waals surface area contributed by atoms with E-state index in [1.807, 2.05) is 0 Å². The molecule has 0 aromatic rings. The molecule has 0 N–H and O–H groups in total. The molecular weight excluding hydrogens is 148 g/mol. The molecule has 0 aliphatic rings. The molecule has 0 amide bonds. The van der Waals surface area contributed by atoms with Crippen molar-refractivity contribution in [2.24, 2.45) is 0 Å². The molecule has 0 aromatic carbocycles. The van der Waals surface area contributed by atoms with Gasteiger partial charge in [0.15, 0.2) is 0 Å². The normalized spacial score (nSPS) is 0. The molecule has 0 aliphatic carbocycles. The Morgan fingerprint density at radius 3 is 1.00 bits per heavy atom. The average molecular weight is 149 g/mol. The van der Waals surface area contributed by atoms with Crippen LogP contribution in [0.4, 0.5) is 0 Å². The molecule has 4 radical (unpaired) electrons. The molecule has 0 nitrogen and oxygen atoms in total. The van der Waals surface area contributed by atoms with E-state index in [4.69, 9.17) is 0 Å². The fourth-order valence-corrected chi connectivity index (χ4v) is 0. The minimum atomic E-state index is 0. The molecule has 0 bridgehead atoms. The van der Waals surface area contributed by atoms with E-state index in [1.165, 1.54) is 0 Å². The first kappa shape index (κ1) is 35.4. The van der Waals surface area contributed by atoms with Gasteiger partial charge in [0.05, 0.1) is 0 Å². The summed E-state index contributed by atoms with van der Waals surface area (Å²) < 4.78 is 0. The molecular formula is HAlLiMnNi. The second-order valence-corrected chi connectivity index (χ2v) is 0. The first-order chi connectivity index (χ1) is 0. The third-order valence-corrected chi connectivity index (χ3v) is 0. The molecule has 4 heteroatoms. The summed E-state index contributed by atoms with van der Waals surface area (Å²) in [6.45, 7) is 0. The maximum absolute atomic E-state index is 0. The average Bonchev–Trinajstić information content (AvgIpc) is 0. The van der Waals surface area contributed by atoms with E-state index in [9.17, 15) is 0 Å². The van der Waals surface area contributed by atoms with E-state index in [1.54, 1.807) is 0 Å². The van der Waals surface area contributed by atoms with Crippen molar-refractivity contribution in [3.05, 3.63) is 0 Å². The van der Waals surface area contributed by atoms with Crippen LogP contribution in [0, 0.1) is 0 Å². The van der Waals surface area contributed by atoms with E-state index in [-0.39, 0.29) is 69.8 Å². The van der Waals surface area contributed by atoms with E-state index in [0.29, 0.717) is 0 Å². The number of hydrogen-bond donors (Lipinski definition) is 0. The van der Waals surface area contributed by atoms with Gasteiger partial charge in [-0.25, -0.2) is 0 Å². The van der Waals surface area contributed by atoms with Crippen molar-refractivity contribution in [2.75, 3.05) is 0 Å². The summed E-state index contributed by atoms with van der Waals surface area (Å²) in [6, 6.07) is 0. The minimum absolute atomic E-state index is 0. The van der Waals surface area contributed by atoms with Gasteiger partial charge in [-0.2, -0.15) is 0 Å². The molecule has 0 aliphatic heterocycles. The maximum atomic E-state index is 0. The maximum Gasteiger partial charge on any atom is 0 e. The van der Waals surface area contributed by atoms with Crippen molar-refractivity contribution in [2.45, 2.75) is 0 Å². The van der Waals surface area contributed by atoms with Crippen molar-refractivity contribution in [1.82, 2.24) is 0 Å². The molecule has 0 fully saturated rings. The van der Waals surface area contributed by atoms with Crippen LogP contribution in [0.2, 0.25) is 0 Å². The zero-order chi connectivity index (χ0) is 0. The first-order valence-corrected chi connectivity index (χ1v) is 0. The molecule has 0 saturated carbocycles. The topological polar surface area (TPSA) is 0 Å². The predicted octanol–water partition coefficient (Wildman–Crippen LogP) is -1.03. The van der Waals surface area contributed by atoms with Gasteiger partial charge in [0.1, 0.15) is 0 Å². The Morgan fingerprint density at radius 2 is 1.00 bits per heavy atom.